The van der Waals surface area contributed by atoms with Crippen molar-refractivity contribution in [2.45, 2.75) is 12.8 Å². The summed E-state index contributed by atoms with van der Waals surface area (Å²) >= 11 is 0. The summed E-state index contributed by atoms with van der Waals surface area (Å²) in [7, 11) is 4.07. The molecule has 0 aliphatic heterocycles. The van der Waals surface area contributed by atoms with Crippen molar-refractivity contribution in [3.8, 4) is 5.75 Å². The fourth-order valence-electron chi connectivity index (χ4n) is 2.81. The zero-order valence-electron chi connectivity index (χ0n) is 12.3. The number of aromatic hydroxyl groups is 1. The highest BCUT2D eigenvalue weighted by Gasteiger charge is 2.12. The van der Waals surface area contributed by atoms with Crippen LogP contribution in [0.1, 0.15) is 12.0 Å². The van der Waals surface area contributed by atoms with Crippen molar-refractivity contribution in [3.05, 3.63) is 41.7 Å². The quantitative estimate of drug-likeness (QED) is 0.768. The number of nitrogens with zero attached hydrogens (tertiary/aromatic N) is 1. The SMILES string of the molecule is CN(C)CCCc1c(O)ccc2c1[nH]c1ccc(F)cc12. The zero-order valence-corrected chi connectivity index (χ0v) is 12.3. The molecule has 0 aliphatic carbocycles. The fraction of sp³-hybridized carbons (Fsp3) is 0.294. The minimum atomic E-state index is -0.245. The van der Waals surface area contributed by atoms with Crippen LogP contribution in [0.2, 0.25) is 0 Å². The first-order chi connectivity index (χ1) is 10.1. The van der Waals surface area contributed by atoms with Gasteiger partial charge in [0, 0.05) is 21.9 Å². The highest BCUT2D eigenvalue weighted by Crippen LogP contribution is 2.33. The lowest BCUT2D eigenvalue weighted by Gasteiger charge is -2.10. The number of phenols is 1. The average molecular weight is 286 g/mol. The molecule has 0 saturated heterocycles. The highest BCUT2D eigenvalue weighted by molar-refractivity contribution is 6.08. The van der Waals surface area contributed by atoms with E-state index in [0.717, 1.165) is 46.8 Å². The predicted octanol–water partition coefficient (Wildman–Crippen LogP) is 3.66. The molecule has 2 aromatic carbocycles. The third-order valence-electron chi connectivity index (χ3n) is 3.85. The summed E-state index contributed by atoms with van der Waals surface area (Å²) in [5, 5.41) is 12.0. The molecular formula is C17H19FN2O. The number of hydrogen-bond acceptors (Lipinski definition) is 2. The summed E-state index contributed by atoms with van der Waals surface area (Å²) in [5.74, 6) is 0.0546. The second-order valence-corrected chi connectivity index (χ2v) is 5.71. The van der Waals surface area contributed by atoms with Crippen LogP contribution in [-0.4, -0.2) is 35.6 Å². The summed E-state index contributed by atoms with van der Waals surface area (Å²) in [6.45, 7) is 0.963. The van der Waals surface area contributed by atoms with Gasteiger partial charge < -0.3 is 15.0 Å². The average Bonchev–Trinajstić information content (AvgIpc) is 2.79. The topological polar surface area (TPSA) is 39.3 Å². The van der Waals surface area contributed by atoms with Gasteiger partial charge in [0.25, 0.3) is 0 Å². The minimum Gasteiger partial charge on any atom is -0.508 e. The number of halogens is 1. The standard InChI is InChI=1S/C17H19FN2O/c1-20(2)9-3-4-13-16(21)8-6-12-14-10-11(18)5-7-15(14)19-17(12)13/h5-8,10,19,21H,3-4,9H2,1-2H3. The summed E-state index contributed by atoms with van der Waals surface area (Å²) in [6, 6.07) is 8.27. The molecule has 0 aliphatic rings. The Bertz CT molecular complexity index is 792. The van der Waals surface area contributed by atoms with Crippen molar-refractivity contribution in [1.29, 1.82) is 0 Å². The number of aromatic nitrogens is 1. The Morgan fingerprint density at radius 2 is 1.95 bits per heavy atom. The van der Waals surface area contributed by atoms with Gasteiger partial charge in [0.2, 0.25) is 0 Å². The monoisotopic (exact) mass is 286 g/mol. The summed E-state index contributed by atoms with van der Waals surface area (Å²) in [5.41, 5.74) is 2.71. The molecule has 3 aromatic rings. The van der Waals surface area contributed by atoms with E-state index in [0.29, 0.717) is 5.75 Å². The van der Waals surface area contributed by atoms with E-state index in [9.17, 15) is 9.50 Å². The lowest BCUT2D eigenvalue weighted by Crippen LogP contribution is -2.13. The Morgan fingerprint density at radius 3 is 2.71 bits per heavy atom. The van der Waals surface area contributed by atoms with Gasteiger partial charge >= 0.3 is 0 Å². The first-order valence-corrected chi connectivity index (χ1v) is 7.13. The second kappa shape index (κ2) is 5.37. The van der Waals surface area contributed by atoms with Gasteiger partial charge in [-0.3, -0.25) is 0 Å². The maximum absolute atomic E-state index is 13.4. The number of fused-ring (bicyclic) bond motifs is 3. The van der Waals surface area contributed by atoms with E-state index in [-0.39, 0.29) is 5.82 Å². The second-order valence-electron chi connectivity index (χ2n) is 5.71. The van der Waals surface area contributed by atoms with Gasteiger partial charge in [0.15, 0.2) is 0 Å². The maximum atomic E-state index is 13.4. The lowest BCUT2D eigenvalue weighted by molar-refractivity contribution is 0.398. The van der Waals surface area contributed by atoms with E-state index in [1.807, 2.05) is 20.2 Å². The molecule has 1 heterocycles. The van der Waals surface area contributed by atoms with Crippen molar-refractivity contribution < 1.29 is 9.50 Å². The van der Waals surface area contributed by atoms with Gasteiger partial charge in [-0.15, -0.1) is 0 Å². The van der Waals surface area contributed by atoms with Crippen LogP contribution in [0.5, 0.6) is 5.75 Å². The van der Waals surface area contributed by atoms with Crippen molar-refractivity contribution in [3.63, 3.8) is 0 Å². The molecule has 0 fully saturated rings. The van der Waals surface area contributed by atoms with Crippen molar-refractivity contribution >= 4 is 21.8 Å². The molecule has 0 spiro atoms. The molecule has 0 saturated carbocycles. The molecular weight excluding hydrogens is 267 g/mol. The number of hydrogen-bond donors (Lipinski definition) is 2. The third-order valence-corrected chi connectivity index (χ3v) is 3.85. The number of phenolic OH excluding ortho intramolecular Hbond substituents is 1. The molecule has 0 amide bonds. The number of H-pyrrole nitrogens is 1. The zero-order chi connectivity index (χ0) is 15.0. The van der Waals surface area contributed by atoms with E-state index in [2.05, 4.69) is 9.88 Å². The molecule has 0 bridgehead atoms. The fourth-order valence-corrected chi connectivity index (χ4v) is 2.81. The van der Waals surface area contributed by atoms with Crippen molar-refractivity contribution in [2.24, 2.45) is 0 Å². The Labute approximate surface area is 123 Å². The maximum Gasteiger partial charge on any atom is 0.123 e. The molecule has 110 valence electrons. The van der Waals surface area contributed by atoms with E-state index in [1.165, 1.54) is 12.1 Å². The van der Waals surface area contributed by atoms with Crippen LogP contribution in [0.25, 0.3) is 21.8 Å². The molecule has 0 unspecified atom stereocenters. The molecule has 4 heteroatoms. The van der Waals surface area contributed by atoms with Gasteiger partial charge in [0.05, 0.1) is 5.52 Å². The summed E-state index contributed by atoms with van der Waals surface area (Å²) in [6.07, 6.45) is 1.75. The highest BCUT2D eigenvalue weighted by atomic mass is 19.1. The van der Waals surface area contributed by atoms with E-state index in [1.54, 1.807) is 12.1 Å². The molecule has 3 rings (SSSR count). The summed E-state index contributed by atoms with van der Waals surface area (Å²) in [4.78, 5) is 5.44. The van der Waals surface area contributed by atoms with E-state index >= 15 is 0 Å². The van der Waals surface area contributed by atoms with Crippen LogP contribution in [0, 0.1) is 5.82 Å². The van der Waals surface area contributed by atoms with Crippen LogP contribution >= 0.6 is 0 Å². The minimum absolute atomic E-state index is 0.245. The van der Waals surface area contributed by atoms with Crippen molar-refractivity contribution in [2.75, 3.05) is 20.6 Å². The van der Waals surface area contributed by atoms with Crippen LogP contribution in [-0.2, 0) is 6.42 Å². The summed E-state index contributed by atoms with van der Waals surface area (Å²) < 4.78 is 13.4. The molecule has 0 atom stereocenters. The Kier molecular flexibility index (Phi) is 3.55. The number of aromatic amines is 1. The van der Waals surface area contributed by atoms with Crippen LogP contribution in [0.4, 0.5) is 4.39 Å². The van der Waals surface area contributed by atoms with Crippen LogP contribution < -0.4 is 0 Å². The Balaban J connectivity index is 2.10. The lowest BCUT2D eigenvalue weighted by atomic mass is 10.0. The van der Waals surface area contributed by atoms with Gasteiger partial charge in [-0.2, -0.15) is 0 Å². The first-order valence-electron chi connectivity index (χ1n) is 7.13. The normalized spacial score (nSPS) is 11.8. The molecule has 1 aromatic heterocycles. The smallest absolute Gasteiger partial charge is 0.123 e. The largest absolute Gasteiger partial charge is 0.508 e. The third kappa shape index (κ3) is 2.59. The van der Waals surface area contributed by atoms with Gasteiger partial charge in [-0.25, -0.2) is 4.39 Å². The molecule has 2 N–H and O–H groups in total. The molecule has 21 heavy (non-hydrogen) atoms. The molecule has 0 radical (unpaired) electrons. The van der Waals surface area contributed by atoms with Crippen molar-refractivity contribution in [1.82, 2.24) is 9.88 Å². The van der Waals surface area contributed by atoms with E-state index in [4.69, 9.17) is 0 Å². The van der Waals surface area contributed by atoms with Crippen LogP contribution in [0.3, 0.4) is 0 Å². The first kappa shape index (κ1) is 13.9. The van der Waals surface area contributed by atoms with E-state index < -0.39 is 0 Å². The number of benzene rings is 2. The van der Waals surface area contributed by atoms with Crippen LogP contribution in [0.15, 0.2) is 30.3 Å². The number of aryl methyl sites for hydroxylation is 1. The molecule has 3 nitrogen and oxygen atoms in total. The Morgan fingerprint density at radius 1 is 1.14 bits per heavy atom. The van der Waals surface area contributed by atoms with Gasteiger partial charge in [0.1, 0.15) is 11.6 Å². The van der Waals surface area contributed by atoms with Gasteiger partial charge in [-0.05, 0) is 63.8 Å². The Hall–Kier alpha value is -2.07. The number of rotatable bonds is 4. The number of nitrogens with one attached hydrogen (secondary N) is 1. The predicted molar refractivity (Wildman–Crippen MR) is 84.3 cm³/mol. The van der Waals surface area contributed by atoms with Gasteiger partial charge in [-0.1, -0.05) is 0 Å².